The molecule has 32 heavy (non-hydrogen) atoms. The van der Waals surface area contributed by atoms with Crippen LogP contribution in [0.4, 0.5) is 14.6 Å². The molecule has 0 saturated heterocycles. The molecule has 0 bridgehead atoms. The van der Waals surface area contributed by atoms with E-state index in [-0.39, 0.29) is 26.2 Å². The maximum Gasteiger partial charge on any atom is 0.278 e. The molecule has 7 nitrogen and oxygen atoms in total. The molecule has 2 rings (SSSR count). The fourth-order valence-electron chi connectivity index (χ4n) is 2.72. The maximum atomic E-state index is 13.0. The van der Waals surface area contributed by atoms with E-state index in [0.29, 0.717) is 11.5 Å². The van der Waals surface area contributed by atoms with Crippen molar-refractivity contribution >= 4 is 18.5 Å². The van der Waals surface area contributed by atoms with E-state index in [2.05, 4.69) is 34.4 Å². The summed E-state index contributed by atoms with van der Waals surface area (Å²) in [5.41, 5.74) is 2.53. The van der Waals surface area contributed by atoms with Crippen LogP contribution in [0.15, 0.2) is 24.4 Å². The van der Waals surface area contributed by atoms with Crippen molar-refractivity contribution in [1.82, 2.24) is 15.3 Å². The van der Waals surface area contributed by atoms with Gasteiger partial charge in [0, 0.05) is 22.0 Å². The van der Waals surface area contributed by atoms with Gasteiger partial charge in [0.2, 0.25) is 0 Å². The quantitative estimate of drug-likeness (QED) is 0.554. The summed E-state index contributed by atoms with van der Waals surface area (Å²) in [5, 5.41) is 6.21. The lowest BCUT2D eigenvalue weighted by molar-refractivity contribution is -0.0980. The number of halogens is 2. The number of hydrogen-bond donors (Lipinski definition) is 2. The summed E-state index contributed by atoms with van der Waals surface area (Å²) in [6.07, 6.45) is 1.30. The second kappa shape index (κ2) is 12.1. The van der Waals surface area contributed by atoms with Crippen LogP contribution in [-0.4, -0.2) is 41.7 Å². The minimum Gasteiger partial charge on any atom is -0.485 e. The van der Waals surface area contributed by atoms with E-state index in [1.165, 1.54) is 12.3 Å². The molecule has 0 spiro atoms. The first-order chi connectivity index (χ1) is 14.9. The van der Waals surface area contributed by atoms with Crippen LogP contribution in [0.3, 0.4) is 0 Å². The highest BCUT2D eigenvalue weighted by molar-refractivity contribution is 5.92. The Balaban J connectivity index is 0. The Bertz CT molecular complexity index is 912. The van der Waals surface area contributed by atoms with E-state index >= 15 is 0 Å². The molecule has 2 aromatic rings. The number of amides is 1. The van der Waals surface area contributed by atoms with Gasteiger partial charge in [0.15, 0.2) is 6.61 Å². The Labute approximate surface area is 191 Å². The summed E-state index contributed by atoms with van der Waals surface area (Å²) in [5.74, 6) is -1.82. The van der Waals surface area contributed by atoms with Gasteiger partial charge in [-0.25, -0.2) is 18.7 Å². The number of carbonyl (C=O) groups is 2. The van der Waals surface area contributed by atoms with E-state index in [1.807, 2.05) is 32.8 Å². The molecule has 9 heteroatoms. The van der Waals surface area contributed by atoms with Crippen LogP contribution in [0.5, 0.6) is 5.75 Å². The Morgan fingerprint density at radius 1 is 1.22 bits per heavy atom. The number of aryl methyl sites for hydroxylation is 2. The lowest BCUT2D eigenvalue weighted by Gasteiger charge is -2.17. The monoisotopic (exact) mass is 454 g/mol. The van der Waals surface area contributed by atoms with Crippen LogP contribution < -0.4 is 15.4 Å². The van der Waals surface area contributed by atoms with Crippen molar-refractivity contribution in [3.8, 4) is 5.75 Å². The van der Waals surface area contributed by atoms with Gasteiger partial charge < -0.3 is 20.2 Å². The SMILES string of the molecule is C=O.Cc1cc(C(C)NC(=O)c2cc(C)c(OCC(C)(F)F)cn2)cc(NCC(C)C)n1.[HH].[HH]. The number of alkyl halides is 2. The first-order valence-corrected chi connectivity index (χ1v) is 10.2. The van der Waals surface area contributed by atoms with Crippen LogP contribution in [0, 0.1) is 19.8 Å². The highest BCUT2D eigenvalue weighted by atomic mass is 19.3. The van der Waals surface area contributed by atoms with E-state index < -0.39 is 12.5 Å². The lowest BCUT2D eigenvalue weighted by atomic mass is 10.1. The highest BCUT2D eigenvalue weighted by Crippen LogP contribution is 2.22. The van der Waals surface area contributed by atoms with Crippen molar-refractivity contribution < 1.29 is 26.0 Å². The number of nitrogens with one attached hydrogen (secondary N) is 2. The molecule has 1 amide bonds. The highest BCUT2D eigenvalue weighted by Gasteiger charge is 2.23. The van der Waals surface area contributed by atoms with Crippen molar-refractivity contribution in [2.24, 2.45) is 5.92 Å². The third-order valence-corrected chi connectivity index (χ3v) is 4.29. The summed E-state index contributed by atoms with van der Waals surface area (Å²) in [6.45, 7) is 12.5. The Morgan fingerprint density at radius 2 is 1.88 bits per heavy atom. The van der Waals surface area contributed by atoms with Crippen LogP contribution >= 0.6 is 0 Å². The number of aromatic nitrogens is 2. The van der Waals surface area contributed by atoms with Crippen molar-refractivity contribution in [3.05, 3.63) is 46.9 Å². The zero-order chi connectivity index (χ0) is 24.5. The average Bonchev–Trinajstić information content (AvgIpc) is 2.71. The van der Waals surface area contributed by atoms with E-state index in [4.69, 9.17) is 9.53 Å². The van der Waals surface area contributed by atoms with Crippen LogP contribution in [0.1, 0.15) is 63.9 Å². The maximum absolute atomic E-state index is 13.0. The molecule has 0 radical (unpaired) electrons. The Hall–Kier alpha value is -3.10. The van der Waals surface area contributed by atoms with Gasteiger partial charge in [0.1, 0.15) is 24.1 Å². The minimum atomic E-state index is -2.94. The summed E-state index contributed by atoms with van der Waals surface area (Å²) >= 11 is 0. The molecule has 0 saturated carbocycles. The van der Waals surface area contributed by atoms with Crippen LogP contribution in [0.2, 0.25) is 0 Å². The van der Waals surface area contributed by atoms with Crippen molar-refractivity contribution in [1.29, 1.82) is 0 Å². The van der Waals surface area contributed by atoms with Gasteiger partial charge in [-0.3, -0.25) is 4.79 Å². The van der Waals surface area contributed by atoms with Crippen molar-refractivity contribution in [2.75, 3.05) is 18.5 Å². The molecular weight excluding hydrogens is 418 g/mol. The number of rotatable bonds is 9. The largest absolute Gasteiger partial charge is 0.485 e. The summed E-state index contributed by atoms with van der Waals surface area (Å²) in [6, 6.07) is 5.10. The van der Waals surface area contributed by atoms with Crippen LogP contribution in [-0.2, 0) is 4.79 Å². The van der Waals surface area contributed by atoms with Gasteiger partial charge in [-0.15, -0.1) is 0 Å². The zero-order valence-corrected chi connectivity index (χ0v) is 19.5. The van der Waals surface area contributed by atoms with E-state index in [0.717, 1.165) is 30.5 Å². The molecular formula is C23H36F2N4O3. The standard InChI is InChI=1S/C22H30F2N4O2.CH2O.2H2/c1-13(2)10-26-20-9-17(8-15(4)27-20)16(5)28-21(29)18-7-14(3)19(11-25-18)30-12-22(6,23)24;1-2;;/h7-9,11,13,16H,10,12H2,1-6H3,(H,26,27)(H,28,29);1H2;2*1H. The molecule has 180 valence electrons. The number of nitrogens with zero attached hydrogens (tertiary/aromatic N) is 2. The van der Waals surface area contributed by atoms with E-state index in [9.17, 15) is 13.6 Å². The van der Waals surface area contributed by atoms with Crippen LogP contribution in [0.25, 0.3) is 0 Å². The van der Waals surface area contributed by atoms with Gasteiger partial charge in [0.05, 0.1) is 12.2 Å². The molecule has 0 aliphatic carbocycles. The molecule has 0 aliphatic heterocycles. The van der Waals surface area contributed by atoms with Gasteiger partial charge in [-0.05, 0) is 56.0 Å². The fourth-order valence-corrected chi connectivity index (χ4v) is 2.72. The topological polar surface area (TPSA) is 93.2 Å². The second-order valence-corrected chi connectivity index (χ2v) is 8.09. The molecule has 1 atom stereocenters. The van der Waals surface area contributed by atoms with Crippen molar-refractivity contribution in [2.45, 2.75) is 53.5 Å². The summed E-state index contributed by atoms with van der Waals surface area (Å²) in [7, 11) is 0. The first-order valence-electron chi connectivity index (χ1n) is 10.2. The third kappa shape index (κ3) is 8.95. The molecule has 2 N–H and O–H groups in total. The minimum absolute atomic E-state index is 0. The Morgan fingerprint density at radius 3 is 2.44 bits per heavy atom. The van der Waals surface area contributed by atoms with Gasteiger partial charge in [-0.1, -0.05) is 13.8 Å². The van der Waals surface area contributed by atoms with E-state index in [1.54, 1.807) is 6.92 Å². The predicted octanol–water partition coefficient (Wildman–Crippen LogP) is 4.99. The Kier molecular flexibility index (Phi) is 10.2. The summed E-state index contributed by atoms with van der Waals surface area (Å²) in [4.78, 5) is 29.2. The number of anilines is 1. The smallest absolute Gasteiger partial charge is 0.278 e. The van der Waals surface area contributed by atoms with Gasteiger partial charge in [0.25, 0.3) is 11.8 Å². The summed E-state index contributed by atoms with van der Waals surface area (Å²) < 4.78 is 31.1. The molecule has 0 aromatic carbocycles. The zero-order valence-electron chi connectivity index (χ0n) is 19.5. The molecule has 0 fully saturated rings. The molecule has 1 unspecified atom stereocenters. The number of carbonyl (C=O) groups excluding carboxylic acids is 2. The lowest BCUT2D eigenvalue weighted by Crippen LogP contribution is -2.28. The predicted molar refractivity (Wildman–Crippen MR) is 125 cm³/mol. The van der Waals surface area contributed by atoms with Gasteiger partial charge >= 0.3 is 0 Å². The number of hydrogen-bond acceptors (Lipinski definition) is 6. The van der Waals surface area contributed by atoms with Gasteiger partial charge in [-0.2, -0.15) is 0 Å². The third-order valence-electron chi connectivity index (χ3n) is 4.29. The molecule has 2 heterocycles. The normalized spacial score (nSPS) is 11.9. The molecule has 2 aromatic heterocycles. The first kappa shape index (κ1) is 26.9. The fraction of sp³-hybridized carbons (Fsp3) is 0.478. The average molecular weight is 455 g/mol. The molecule has 0 aliphatic rings. The van der Waals surface area contributed by atoms with Crippen molar-refractivity contribution in [3.63, 3.8) is 0 Å². The number of pyridine rings is 2. The number of ether oxygens (including phenoxy) is 1. The second-order valence-electron chi connectivity index (χ2n) is 8.09.